The SMILES string of the molecule is CSCCNC(=O)Cc1cccc(NC(=O)N(C)C)c1. The van der Waals surface area contributed by atoms with Crippen molar-refractivity contribution in [3.8, 4) is 0 Å². The number of hydrogen-bond donors (Lipinski definition) is 2. The van der Waals surface area contributed by atoms with Crippen LogP contribution in [0.15, 0.2) is 24.3 Å². The summed E-state index contributed by atoms with van der Waals surface area (Å²) in [6.07, 6.45) is 2.32. The van der Waals surface area contributed by atoms with Gasteiger partial charge in [0.1, 0.15) is 0 Å². The van der Waals surface area contributed by atoms with Gasteiger partial charge in [0.05, 0.1) is 6.42 Å². The molecule has 0 heterocycles. The third-order valence-electron chi connectivity index (χ3n) is 2.58. The van der Waals surface area contributed by atoms with Crippen LogP contribution in [0, 0.1) is 0 Å². The molecule has 0 saturated carbocycles. The van der Waals surface area contributed by atoms with Crippen LogP contribution in [0.25, 0.3) is 0 Å². The quantitative estimate of drug-likeness (QED) is 0.787. The molecule has 3 amide bonds. The van der Waals surface area contributed by atoms with E-state index in [0.717, 1.165) is 11.3 Å². The number of hydrogen-bond acceptors (Lipinski definition) is 3. The van der Waals surface area contributed by atoms with E-state index in [1.807, 2.05) is 24.5 Å². The summed E-state index contributed by atoms with van der Waals surface area (Å²) in [5.41, 5.74) is 1.57. The van der Waals surface area contributed by atoms with Crippen LogP contribution in [0.2, 0.25) is 0 Å². The molecule has 0 saturated heterocycles. The van der Waals surface area contributed by atoms with E-state index in [0.29, 0.717) is 18.7 Å². The van der Waals surface area contributed by atoms with E-state index >= 15 is 0 Å². The van der Waals surface area contributed by atoms with Gasteiger partial charge in [-0.3, -0.25) is 4.79 Å². The Labute approximate surface area is 124 Å². The van der Waals surface area contributed by atoms with Crippen molar-refractivity contribution in [2.75, 3.05) is 38.0 Å². The van der Waals surface area contributed by atoms with E-state index in [-0.39, 0.29) is 11.9 Å². The molecule has 0 aliphatic rings. The van der Waals surface area contributed by atoms with Crippen LogP contribution in [-0.2, 0) is 11.2 Å². The molecule has 0 aromatic heterocycles. The maximum atomic E-state index is 11.7. The zero-order valence-corrected chi connectivity index (χ0v) is 12.9. The number of carbonyl (C=O) groups excluding carboxylic acids is 2. The second kappa shape index (κ2) is 8.47. The summed E-state index contributed by atoms with van der Waals surface area (Å²) in [6, 6.07) is 7.13. The fraction of sp³-hybridized carbons (Fsp3) is 0.429. The van der Waals surface area contributed by atoms with Gasteiger partial charge >= 0.3 is 6.03 Å². The van der Waals surface area contributed by atoms with Gasteiger partial charge in [-0.15, -0.1) is 0 Å². The molecule has 0 radical (unpaired) electrons. The molecular weight excluding hydrogens is 274 g/mol. The third kappa shape index (κ3) is 5.97. The molecule has 110 valence electrons. The molecule has 2 N–H and O–H groups in total. The fourth-order valence-electron chi connectivity index (χ4n) is 1.53. The second-order valence-corrected chi connectivity index (χ2v) is 5.53. The van der Waals surface area contributed by atoms with Crippen LogP contribution in [0.4, 0.5) is 10.5 Å². The topological polar surface area (TPSA) is 61.4 Å². The summed E-state index contributed by atoms with van der Waals surface area (Å²) >= 11 is 1.70. The van der Waals surface area contributed by atoms with E-state index < -0.39 is 0 Å². The van der Waals surface area contributed by atoms with E-state index in [2.05, 4.69) is 10.6 Å². The lowest BCUT2D eigenvalue weighted by molar-refractivity contribution is -0.120. The van der Waals surface area contributed by atoms with Crippen molar-refractivity contribution in [3.63, 3.8) is 0 Å². The fourth-order valence-corrected chi connectivity index (χ4v) is 1.84. The summed E-state index contributed by atoms with van der Waals surface area (Å²) in [6.45, 7) is 0.678. The average molecular weight is 295 g/mol. The maximum absolute atomic E-state index is 11.7. The first-order valence-corrected chi connectivity index (χ1v) is 7.75. The van der Waals surface area contributed by atoms with Crippen LogP contribution in [0.3, 0.4) is 0 Å². The van der Waals surface area contributed by atoms with Crippen LogP contribution < -0.4 is 10.6 Å². The van der Waals surface area contributed by atoms with E-state index in [1.165, 1.54) is 4.90 Å². The van der Waals surface area contributed by atoms with Crippen LogP contribution in [-0.4, -0.2) is 49.5 Å². The number of urea groups is 1. The first-order chi connectivity index (χ1) is 9.52. The average Bonchev–Trinajstić information content (AvgIpc) is 2.39. The van der Waals surface area contributed by atoms with Crippen molar-refractivity contribution in [2.24, 2.45) is 0 Å². The summed E-state index contributed by atoms with van der Waals surface area (Å²) < 4.78 is 0. The van der Waals surface area contributed by atoms with Crippen molar-refractivity contribution in [1.82, 2.24) is 10.2 Å². The van der Waals surface area contributed by atoms with Crippen molar-refractivity contribution in [3.05, 3.63) is 29.8 Å². The van der Waals surface area contributed by atoms with Crippen LogP contribution in [0.5, 0.6) is 0 Å². The molecule has 1 aromatic carbocycles. The lowest BCUT2D eigenvalue weighted by Crippen LogP contribution is -2.28. The molecule has 1 rings (SSSR count). The highest BCUT2D eigenvalue weighted by Gasteiger charge is 2.06. The molecule has 6 heteroatoms. The third-order valence-corrected chi connectivity index (χ3v) is 3.19. The lowest BCUT2D eigenvalue weighted by atomic mass is 10.1. The van der Waals surface area contributed by atoms with Gasteiger partial charge in [-0.1, -0.05) is 12.1 Å². The summed E-state index contributed by atoms with van der Waals surface area (Å²) in [5.74, 6) is 0.903. The number of carbonyl (C=O) groups is 2. The minimum absolute atomic E-state index is 0.00450. The smallest absolute Gasteiger partial charge is 0.321 e. The number of nitrogens with one attached hydrogen (secondary N) is 2. The van der Waals surface area contributed by atoms with Crippen molar-refractivity contribution in [1.29, 1.82) is 0 Å². The number of anilines is 1. The van der Waals surface area contributed by atoms with Gasteiger partial charge in [-0.2, -0.15) is 11.8 Å². The Bertz CT molecular complexity index is 463. The maximum Gasteiger partial charge on any atom is 0.321 e. The Kier molecular flexibility index (Phi) is 6.93. The van der Waals surface area contributed by atoms with Gasteiger partial charge in [0.2, 0.25) is 5.91 Å². The molecule has 0 aliphatic heterocycles. The highest BCUT2D eigenvalue weighted by Crippen LogP contribution is 2.11. The lowest BCUT2D eigenvalue weighted by Gasteiger charge is -2.12. The van der Waals surface area contributed by atoms with E-state index in [9.17, 15) is 9.59 Å². The first-order valence-electron chi connectivity index (χ1n) is 6.36. The van der Waals surface area contributed by atoms with Crippen molar-refractivity contribution in [2.45, 2.75) is 6.42 Å². The number of amides is 3. The minimum Gasteiger partial charge on any atom is -0.355 e. The second-order valence-electron chi connectivity index (χ2n) is 4.54. The monoisotopic (exact) mass is 295 g/mol. The normalized spacial score (nSPS) is 9.95. The molecule has 0 fully saturated rings. The number of nitrogens with zero attached hydrogens (tertiary/aromatic N) is 1. The summed E-state index contributed by atoms with van der Waals surface area (Å²) in [7, 11) is 3.36. The molecule has 0 atom stereocenters. The van der Waals surface area contributed by atoms with Gasteiger partial charge in [0.15, 0.2) is 0 Å². The standard InChI is InChI=1S/C14H21N3O2S/c1-17(2)14(19)16-12-6-4-5-11(9-12)10-13(18)15-7-8-20-3/h4-6,9H,7-8,10H2,1-3H3,(H,15,18)(H,16,19). The van der Waals surface area contributed by atoms with Crippen molar-refractivity contribution < 1.29 is 9.59 Å². The predicted octanol–water partition coefficient (Wildman–Crippen LogP) is 1.80. The van der Waals surface area contributed by atoms with E-state index in [1.54, 1.807) is 31.9 Å². The molecular formula is C14H21N3O2S. The Morgan fingerprint density at radius 1 is 1.30 bits per heavy atom. The number of rotatable bonds is 6. The molecule has 0 spiro atoms. The first kappa shape index (κ1) is 16.4. The largest absolute Gasteiger partial charge is 0.355 e. The zero-order chi connectivity index (χ0) is 15.0. The molecule has 5 nitrogen and oxygen atoms in total. The highest BCUT2D eigenvalue weighted by atomic mass is 32.2. The Morgan fingerprint density at radius 3 is 2.70 bits per heavy atom. The molecule has 0 unspecified atom stereocenters. The van der Waals surface area contributed by atoms with Gasteiger partial charge in [0.25, 0.3) is 0 Å². The van der Waals surface area contributed by atoms with Crippen LogP contribution >= 0.6 is 11.8 Å². The minimum atomic E-state index is -0.188. The zero-order valence-electron chi connectivity index (χ0n) is 12.1. The van der Waals surface area contributed by atoms with Gasteiger partial charge in [-0.25, -0.2) is 4.79 Å². The molecule has 0 bridgehead atoms. The molecule has 20 heavy (non-hydrogen) atoms. The van der Waals surface area contributed by atoms with Crippen molar-refractivity contribution >= 4 is 29.4 Å². The van der Waals surface area contributed by atoms with Gasteiger partial charge in [-0.05, 0) is 24.0 Å². The van der Waals surface area contributed by atoms with Gasteiger partial charge < -0.3 is 15.5 Å². The summed E-state index contributed by atoms with van der Waals surface area (Å²) in [4.78, 5) is 24.7. The molecule has 1 aromatic rings. The summed E-state index contributed by atoms with van der Waals surface area (Å²) in [5, 5.41) is 5.61. The highest BCUT2D eigenvalue weighted by molar-refractivity contribution is 7.98. The Balaban J connectivity index is 2.55. The Hall–Kier alpha value is -1.69. The Morgan fingerprint density at radius 2 is 2.05 bits per heavy atom. The molecule has 0 aliphatic carbocycles. The number of benzene rings is 1. The number of thioether (sulfide) groups is 1. The van der Waals surface area contributed by atoms with E-state index in [4.69, 9.17) is 0 Å². The van der Waals surface area contributed by atoms with Crippen LogP contribution in [0.1, 0.15) is 5.56 Å². The predicted molar refractivity (Wildman–Crippen MR) is 84.2 cm³/mol. The van der Waals surface area contributed by atoms with Gasteiger partial charge in [0, 0.05) is 32.1 Å².